The Morgan fingerprint density at radius 2 is 2.14 bits per heavy atom. The second-order valence-corrected chi connectivity index (χ2v) is 4.33. The van der Waals surface area contributed by atoms with Crippen LogP contribution in [0, 0.1) is 0 Å². The third-order valence-electron chi connectivity index (χ3n) is 2.03. The summed E-state index contributed by atoms with van der Waals surface area (Å²) in [6, 6.07) is 0. The van der Waals surface area contributed by atoms with E-state index in [0.717, 1.165) is 25.9 Å². The molecule has 0 radical (unpaired) electrons. The Morgan fingerprint density at radius 3 is 2.71 bits per heavy atom. The maximum absolute atomic E-state index is 8.31. The summed E-state index contributed by atoms with van der Waals surface area (Å²) >= 11 is 1.86. The third kappa shape index (κ3) is 8.19. The van der Waals surface area contributed by atoms with Gasteiger partial charge >= 0.3 is 0 Å². The average Bonchev–Trinajstić information content (AvgIpc) is 2.21. The average molecular weight is 219 g/mol. The molecule has 5 heteroatoms. The number of nitrogens with zero attached hydrogens (tertiary/aromatic N) is 2. The molecule has 0 aliphatic rings. The first-order chi connectivity index (χ1) is 6.70. The molecule has 0 aliphatic carbocycles. The van der Waals surface area contributed by atoms with Gasteiger partial charge in [-0.05, 0) is 32.7 Å². The summed E-state index contributed by atoms with van der Waals surface area (Å²) in [6.07, 6.45) is 4.89. The number of rotatable bonds is 8. The topological polar surface area (TPSA) is 61.8 Å². The summed E-state index contributed by atoms with van der Waals surface area (Å²) in [5.74, 6) is 1.51. The Hall–Kier alpha value is -0.420. The second kappa shape index (κ2) is 9.15. The maximum atomic E-state index is 8.31. The van der Waals surface area contributed by atoms with Crippen molar-refractivity contribution in [3.8, 4) is 0 Å². The molecule has 0 atom stereocenters. The molecule has 0 aromatic heterocycles. The van der Waals surface area contributed by atoms with Crippen molar-refractivity contribution in [1.29, 1.82) is 0 Å². The molecule has 0 aromatic rings. The lowest BCUT2D eigenvalue weighted by molar-refractivity contribution is 0.315. The highest BCUT2D eigenvalue weighted by molar-refractivity contribution is 7.98. The minimum absolute atomic E-state index is 0.330. The highest BCUT2D eigenvalue weighted by Crippen LogP contribution is 1.99. The van der Waals surface area contributed by atoms with E-state index in [1.54, 1.807) is 0 Å². The van der Waals surface area contributed by atoms with Crippen LogP contribution in [0.1, 0.15) is 19.3 Å². The fourth-order valence-electron chi connectivity index (χ4n) is 1.10. The van der Waals surface area contributed by atoms with Crippen LogP contribution in [0.5, 0.6) is 0 Å². The first-order valence-electron chi connectivity index (χ1n) is 4.84. The van der Waals surface area contributed by atoms with Crippen LogP contribution in [0.15, 0.2) is 5.16 Å². The Labute approximate surface area is 90.5 Å². The molecule has 0 fully saturated rings. The number of hydrogen-bond donors (Lipinski definition) is 2. The lowest BCUT2D eigenvalue weighted by Crippen LogP contribution is -2.22. The maximum Gasteiger partial charge on any atom is 0.139 e. The number of thioether (sulfide) groups is 1. The van der Waals surface area contributed by atoms with Gasteiger partial charge in [0.15, 0.2) is 0 Å². The minimum atomic E-state index is 0.330. The fraction of sp³-hybridized carbons (Fsp3) is 0.889. The molecular formula is C9H21N3OS. The smallest absolute Gasteiger partial charge is 0.139 e. The molecular weight excluding hydrogens is 198 g/mol. The van der Waals surface area contributed by atoms with Gasteiger partial charge in [0.1, 0.15) is 5.84 Å². The number of amidine groups is 1. The van der Waals surface area contributed by atoms with Crippen LogP contribution in [-0.2, 0) is 0 Å². The van der Waals surface area contributed by atoms with Crippen LogP contribution in [0.2, 0.25) is 0 Å². The van der Waals surface area contributed by atoms with Crippen LogP contribution < -0.4 is 5.73 Å². The fourth-order valence-corrected chi connectivity index (χ4v) is 1.59. The molecule has 3 N–H and O–H groups in total. The first kappa shape index (κ1) is 13.6. The summed E-state index contributed by atoms with van der Waals surface area (Å²) in [6.45, 7) is 2.21. The van der Waals surface area contributed by atoms with E-state index in [-0.39, 0.29) is 0 Å². The van der Waals surface area contributed by atoms with Gasteiger partial charge in [-0.15, -0.1) is 0 Å². The number of nitrogens with two attached hydrogens (primary N) is 1. The van der Waals surface area contributed by atoms with Gasteiger partial charge in [0.25, 0.3) is 0 Å². The summed E-state index contributed by atoms with van der Waals surface area (Å²) in [4.78, 5) is 2.31. The highest BCUT2D eigenvalue weighted by atomic mass is 32.2. The van der Waals surface area contributed by atoms with Gasteiger partial charge in [0, 0.05) is 18.7 Å². The van der Waals surface area contributed by atoms with Crippen LogP contribution in [-0.4, -0.2) is 48.1 Å². The van der Waals surface area contributed by atoms with E-state index in [4.69, 9.17) is 10.9 Å². The molecule has 14 heavy (non-hydrogen) atoms. The van der Waals surface area contributed by atoms with Crippen molar-refractivity contribution in [1.82, 2.24) is 4.90 Å². The zero-order chi connectivity index (χ0) is 10.8. The van der Waals surface area contributed by atoms with Crippen molar-refractivity contribution >= 4 is 17.6 Å². The summed E-state index contributed by atoms with van der Waals surface area (Å²) in [5, 5.41) is 11.2. The van der Waals surface area contributed by atoms with Gasteiger partial charge in [-0.25, -0.2) is 0 Å². The standard InChI is InChI=1S/C9H21N3OS/c1-12(7-8-14-2)6-4-3-5-9(10)11-13/h13H,3-8H2,1-2H3,(H2,10,11). The van der Waals surface area contributed by atoms with Gasteiger partial charge in [0.2, 0.25) is 0 Å². The zero-order valence-corrected chi connectivity index (χ0v) is 9.89. The molecule has 0 unspecified atom stereocenters. The molecule has 0 aromatic carbocycles. The summed E-state index contributed by atoms with van der Waals surface area (Å²) in [5.41, 5.74) is 5.35. The third-order valence-corrected chi connectivity index (χ3v) is 2.62. The largest absolute Gasteiger partial charge is 0.409 e. The second-order valence-electron chi connectivity index (χ2n) is 3.34. The lowest BCUT2D eigenvalue weighted by Gasteiger charge is -2.15. The van der Waals surface area contributed by atoms with Crippen LogP contribution in [0.4, 0.5) is 0 Å². The zero-order valence-electron chi connectivity index (χ0n) is 9.07. The van der Waals surface area contributed by atoms with Crippen LogP contribution >= 0.6 is 11.8 Å². The molecule has 0 amide bonds. The van der Waals surface area contributed by atoms with Crippen LogP contribution in [0.25, 0.3) is 0 Å². The van der Waals surface area contributed by atoms with Gasteiger partial charge in [-0.2, -0.15) is 11.8 Å². The Bertz CT molecular complexity index is 164. The van der Waals surface area contributed by atoms with Gasteiger partial charge < -0.3 is 15.8 Å². The van der Waals surface area contributed by atoms with E-state index in [2.05, 4.69) is 23.4 Å². The molecule has 0 saturated carbocycles. The van der Waals surface area contributed by atoms with Gasteiger partial charge in [0.05, 0.1) is 0 Å². The minimum Gasteiger partial charge on any atom is -0.409 e. The number of hydrogen-bond acceptors (Lipinski definition) is 4. The van der Waals surface area contributed by atoms with Gasteiger partial charge in [-0.3, -0.25) is 0 Å². The monoisotopic (exact) mass is 219 g/mol. The van der Waals surface area contributed by atoms with Crippen molar-refractivity contribution in [2.75, 3.05) is 32.1 Å². The summed E-state index contributed by atoms with van der Waals surface area (Å²) < 4.78 is 0. The molecule has 4 nitrogen and oxygen atoms in total. The van der Waals surface area contributed by atoms with E-state index in [1.807, 2.05) is 11.8 Å². The Balaban J connectivity index is 3.27. The predicted octanol–water partition coefficient (Wildman–Crippen LogP) is 1.20. The lowest BCUT2D eigenvalue weighted by atomic mass is 10.2. The molecule has 0 saturated heterocycles. The van der Waals surface area contributed by atoms with E-state index in [0.29, 0.717) is 12.3 Å². The molecule has 0 spiro atoms. The Kier molecular flexibility index (Phi) is 8.87. The van der Waals surface area contributed by atoms with E-state index in [9.17, 15) is 0 Å². The van der Waals surface area contributed by atoms with Crippen molar-refractivity contribution in [2.45, 2.75) is 19.3 Å². The normalized spacial score (nSPS) is 12.4. The van der Waals surface area contributed by atoms with Crippen molar-refractivity contribution in [3.63, 3.8) is 0 Å². The first-order valence-corrected chi connectivity index (χ1v) is 6.24. The van der Waals surface area contributed by atoms with E-state index < -0.39 is 0 Å². The predicted molar refractivity (Wildman–Crippen MR) is 63.1 cm³/mol. The highest BCUT2D eigenvalue weighted by Gasteiger charge is 1.98. The summed E-state index contributed by atoms with van der Waals surface area (Å²) in [7, 11) is 2.12. The van der Waals surface area contributed by atoms with E-state index in [1.165, 1.54) is 5.75 Å². The molecule has 0 aliphatic heterocycles. The molecule has 0 rings (SSSR count). The Morgan fingerprint density at radius 1 is 1.43 bits per heavy atom. The van der Waals surface area contributed by atoms with Gasteiger partial charge in [-0.1, -0.05) is 5.16 Å². The number of unbranched alkanes of at least 4 members (excludes halogenated alkanes) is 1. The van der Waals surface area contributed by atoms with Crippen molar-refractivity contribution in [3.05, 3.63) is 0 Å². The quantitative estimate of drug-likeness (QED) is 0.212. The van der Waals surface area contributed by atoms with Crippen LogP contribution in [0.3, 0.4) is 0 Å². The van der Waals surface area contributed by atoms with Crippen molar-refractivity contribution < 1.29 is 5.21 Å². The van der Waals surface area contributed by atoms with E-state index >= 15 is 0 Å². The molecule has 0 heterocycles. The molecule has 84 valence electrons. The SMILES string of the molecule is CSCCN(C)CCCCC(N)=NO. The molecule has 0 bridgehead atoms. The number of oxime groups is 1. The van der Waals surface area contributed by atoms with Crippen molar-refractivity contribution in [2.24, 2.45) is 10.9 Å².